The standard InChI is InChI=1S/C22H22O4/c1-2-23-22-14-7-6-10-19(22)17-25-24-16-18-9-8-13-21(15-18)26-20-11-4-3-5-12-20/h3-15H,2,16-17H2,1H3. The van der Waals surface area contributed by atoms with E-state index in [-0.39, 0.29) is 0 Å². The quantitative estimate of drug-likeness (QED) is 0.289. The highest BCUT2D eigenvalue weighted by atomic mass is 17.2. The van der Waals surface area contributed by atoms with Gasteiger partial charge in [0.15, 0.2) is 0 Å². The predicted molar refractivity (Wildman–Crippen MR) is 100 cm³/mol. The maximum absolute atomic E-state index is 5.82. The lowest BCUT2D eigenvalue weighted by Gasteiger charge is -2.10. The molecule has 4 heteroatoms. The van der Waals surface area contributed by atoms with Crippen LogP contribution < -0.4 is 9.47 Å². The van der Waals surface area contributed by atoms with E-state index in [9.17, 15) is 0 Å². The predicted octanol–water partition coefficient (Wildman–Crippen LogP) is 5.53. The van der Waals surface area contributed by atoms with E-state index in [4.69, 9.17) is 19.2 Å². The van der Waals surface area contributed by atoms with Crippen molar-refractivity contribution in [3.05, 3.63) is 90.0 Å². The number of rotatable bonds is 9. The molecule has 0 heterocycles. The highest BCUT2D eigenvalue weighted by Gasteiger charge is 2.04. The zero-order valence-corrected chi connectivity index (χ0v) is 14.8. The maximum atomic E-state index is 5.82. The van der Waals surface area contributed by atoms with Crippen molar-refractivity contribution in [2.45, 2.75) is 20.1 Å². The average molecular weight is 350 g/mol. The molecule has 0 N–H and O–H groups in total. The fourth-order valence-electron chi connectivity index (χ4n) is 2.46. The lowest BCUT2D eigenvalue weighted by molar-refractivity contribution is -0.313. The van der Waals surface area contributed by atoms with Crippen molar-refractivity contribution < 1.29 is 19.2 Å². The number of hydrogen-bond donors (Lipinski definition) is 0. The Kier molecular flexibility index (Phi) is 6.65. The summed E-state index contributed by atoms with van der Waals surface area (Å²) in [7, 11) is 0. The van der Waals surface area contributed by atoms with Crippen molar-refractivity contribution in [3.63, 3.8) is 0 Å². The van der Waals surface area contributed by atoms with E-state index in [1.54, 1.807) is 0 Å². The summed E-state index contributed by atoms with van der Waals surface area (Å²) in [4.78, 5) is 10.7. The lowest BCUT2D eigenvalue weighted by Crippen LogP contribution is -2.00. The second-order valence-corrected chi connectivity index (χ2v) is 5.63. The van der Waals surface area contributed by atoms with Gasteiger partial charge in [-0.05, 0) is 42.8 Å². The molecule has 0 saturated carbocycles. The first kappa shape index (κ1) is 18.0. The maximum Gasteiger partial charge on any atom is 0.127 e. The first-order valence-electron chi connectivity index (χ1n) is 8.62. The summed E-state index contributed by atoms with van der Waals surface area (Å²) in [6.45, 7) is 3.24. The Balaban J connectivity index is 1.50. The molecular formula is C22H22O4. The highest BCUT2D eigenvalue weighted by Crippen LogP contribution is 2.22. The molecule has 0 saturated heterocycles. The van der Waals surface area contributed by atoms with Crippen LogP contribution >= 0.6 is 0 Å². The van der Waals surface area contributed by atoms with Gasteiger partial charge in [0.2, 0.25) is 0 Å². The fourth-order valence-corrected chi connectivity index (χ4v) is 2.46. The number of benzene rings is 3. The fraction of sp³-hybridized carbons (Fsp3) is 0.182. The topological polar surface area (TPSA) is 36.9 Å². The van der Waals surface area contributed by atoms with E-state index in [1.807, 2.05) is 85.8 Å². The van der Waals surface area contributed by atoms with Crippen molar-refractivity contribution in [1.82, 2.24) is 0 Å². The van der Waals surface area contributed by atoms with Crippen LogP contribution in [0.25, 0.3) is 0 Å². The second-order valence-electron chi connectivity index (χ2n) is 5.63. The van der Waals surface area contributed by atoms with Crippen molar-refractivity contribution in [2.75, 3.05) is 6.61 Å². The van der Waals surface area contributed by atoms with Gasteiger partial charge >= 0.3 is 0 Å². The van der Waals surface area contributed by atoms with Crippen LogP contribution in [0.4, 0.5) is 0 Å². The Labute approximate surface area is 153 Å². The zero-order valence-electron chi connectivity index (χ0n) is 14.8. The zero-order chi connectivity index (χ0) is 18.0. The molecule has 3 aromatic rings. The van der Waals surface area contributed by atoms with E-state index in [1.165, 1.54) is 0 Å². The number of ether oxygens (including phenoxy) is 2. The molecule has 4 nitrogen and oxygen atoms in total. The van der Waals surface area contributed by atoms with Gasteiger partial charge < -0.3 is 9.47 Å². The van der Waals surface area contributed by atoms with Crippen LogP contribution in [0, 0.1) is 0 Å². The van der Waals surface area contributed by atoms with Crippen LogP contribution in [0.2, 0.25) is 0 Å². The lowest BCUT2D eigenvalue weighted by atomic mass is 10.2. The summed E-state index contributed by atoms with van der Waals surface area (Å²) < 4.78 is 11.4. The Morgan fingerprint density at radius 2 is 1.42 bits per heavy atom. The average Bonchev–Trinajstić information content (AvgIpc) is 2.68. The summed E-state index contributed by atoms with van der Waals surface area (Å²) in [6, 6.07) is 25.2. The van der Waals surface area contributed by atoms with Crippen LogP contribution in [0.3, 0.4) is 0 Å². The van der Waals surface area contributed by atoms with Crippen LogP contribution in [0.15, 0.2) is 78.9 Å². The smallest absolute Gasteiger partial charge is 0.127 e. The van der Waals surface area contributed by atoms with Crippen LogP contribution in [0.1, 0.15) is 18.1 Å². The van der Waals surface area contributed by atoms with Gasteiger partial charge in [-0.15, -0.1) is 0 Å². The van der Waals surface area contributed by atoms with E-state index in [0.717, 1.165) is 28.4 Å². The molecule has 26 heavy (non-hydrogen) atoms. The van der Waals surface area contributed by atoms with Gasteiger partial charge in [-0.3, -0.25) is 0 Å². The minimum absolute atomic E-state index is 0.330. The van der Waals surface area contributed by atoms with E-state index in [2.05, 4.69) is 0 Å². The molecule has 0 unspecified atom stereocenters. The largest absolute Gasteiger partial charge is 0.494 e. The monoisotopic (exact) mass is 350 g/mol. The molecule has 0 aliphatic carbocycles. The van der Waals surface area contributed by atoms with Gasteiger partial charge in [0.05, 0.1) is 6.61 Å². The molecular weight excluding hydrogens is 328 g/mol. The molecule has 3 rings (SSSR count). The minimum atomic E-state index is 0.330. The molecule has 0 spiro atoms. The summed E-state index contributed by atoms with van der Waals surface area (Å²) in [5.74, 6) is 2.38. The minimum Gasteiger partial charge on any atom is -0.494 e. The molecule has 0 atom stereocenters. The van der Waals surface area contributed by atoms with Gasteiger partial charge in [0, 0.05) is 5.56 Å². The van der Waals surface area contributed by atoms with Gasteiger partial charge in [0.25, 0.3) is 0 Å². The SMILES string of the molecule is CCOc1ccccc1COOCc1cccc(Oc2ccccc2)c1. The number of para-hydroxylation sites is 2. The third kappa shape index (κ3) is 5.34. The third-order valence-corrected chi connectivity index (χ3v) is 3.67. The van der Waals surface area contributed by atoms with Crippen molar-refractivity contribution in [2.24, 2.45) is 0 Å². The summed E-state index contributed by atoms with van der Waals surface area (Å²) in [5.41, 5.74) is 1.92. The molecule has 0 bridgehead atoms. The van der Waals surface area contributed by atoms with Crippen LogP contribution in [-0.2, 0) is 23.0 Å². The number of hydrogen-bond acceptors (Lipinski definition) is 4. The normalized spacial score (nSPS) is 10.5. The van der Waals surface area contributed by atoms with Gasteiger partial charge in [-0.2, -0.15) is 0 Å². The first-order valence-corrected chi connectivity index (χ1v) is 8.62. The molecule has 0 amide bonds. The molecule has 134 valence electrons. The molecule has 0 aliphatic rings. The van der Waals surface area contributed by atoms with Crippen molar-refractivity contribution in [1.29, 1.82) is 0 Å². The summed E-state index contributed by atoms with van der Waals surface area (Å²) >= 11 is 0. The summed E-state index contributed by atoms with van der Waals surface area (Å²) in [6.07, 6.45) is 0. The molecule has 0 fully saturated rings. The van der Waals surface area contributed by atoms with Crippen LogP contribution in [0.5, 0.6) is 17.2 Å². The van der Waals surface area contributed by atoms with E-state index >= 15 is 0 Å². The Morgan fingerprint density at radius 1 is 0.692 bits per heavy atom. The highest BCUT2D eigenvalue weighted by molar-refractivity contribution is 5.34. The first-order chi connectivity index (χ1) is 12.8. The Morgan fingerprint density at radius 3 is 2.27 bits per heavy atom. The van der Waals surface area contributed by atoms with Gasteiger partial charge in [-0.1, -0.05) is 48.5 Å². The molecule has 3 aromatic carbocycles. The Bertz CT molecular complexity index is 802. The van der Waals surface area contributed by atoms with Crippen molar-refractivity contribution >= 4 is 0 Å². The summed E-state index contributed by atoms with van der Waals surface area (Å²) in [5, 5.41) is 0. The molecule has 0 aliphatic heterocycles. The van der Waals surface area contributed by atoms with Gasteiger partial charge in [0.1, 0.15) is 30.5 Å². The van der Waals surface area contributed by atoms with Gasteiger partial charge in [-0.25, -0.2) is 9.78 Å². The second kappa shape index (κ2) is 9.61. The van der Waals surface area contributed by atoms with Crippen LogP contribution in [-0.4, -0.2) is 6.61 Å². The van der Waals surface area contributed by atoms with E-state index in [0.29, 0.717) is 19.8 Å². The van der Waals surface area contributed by atoms with E-state index < -0.39 is 0 Å². The third-order valence-electron chi connectivity index (χ3n) is 3.67. The Hall–Kier alpha value is -2.82. The molecule has 0 radical (unpaired) electrons. The van der Waals surface area contributed by atoms with Crippen molar-refractivity contribution in [3.8, 4) is 17.2 Å². The molecule has 0 aromatic heterocycles.